The summed E-state index contributed by atoms with van der Waals surface area (Å²) in [6.07, 6.45) is 4.13. The average molecular weight is 569 g/mol. The summed E-state index contributed by atoms with van der Waals surface area (Å²) in [7, 11) is -3.59. The van der Waals surface area contributed by atoms with Crippen molar-refractivity contribution >= 4 is 40.0 Å². The van der Waals surface area contributed by atoms with Gasteiger partial charge in [0.05, 0.1) is 0 Å². The van der Waals surface area contributed by atoms with Gasteiger partial charge in [0, 0.05) is 38.8 Å². The van der Waals surface area contributed by atoms with Gasteiger partial charge in [0.1, 0.15) is 0 Å². The lowest BCUT2D eigenvalue weighted by molar-refractivity contribution is -0.0494. The molecule has 0 aromatic heterocycles. The Morgan fingerprint density at radius 3 is 2.17 bits per heavy atom. The molecule has 0 saturated carbocycles. The molecule has 0 aromatic carbocycles. The Balaban J connectivity index is 0.00000450. The van der Waals surface area contributed by atoms with Crippen molar-refractivity contribution in [2.24, 2.45) is 10.9 Å². The van der Waals surface area contributed by atoms with Crippen molar-refractivity contribution < 1.29 is 21.6 Å². The fraction of sp³-hybridized carbons (Fsp3) is 0.944. The summed E-state index contributed by atoms with van der Waals surface area (Å²) in [5.74, 6) is 1.19. The average Bonchev–Trinajstić information content (AvgIpc) is 3.17. The first-order valence-electron chi connectivity index (χ1n) is 10.3. The number of hydrogen-bond acceptors (Lipinski definition) is 4. The van der Waals surface area contributed by atoms with Crippen LogP contribution in [0.4, 0.5) is 13.2 Å². The molecule has 0 spiro atoms. The molecular weight excluding hydrogens is 534 g/mol. The lowest BCUT2D eigenvalue weighted by Crippen LogP contribution is -2.53. The van der Waals surface area contributed by atoms with Gasteiger partial charge in [0.25, 0.3) is 0 Å². The Morgan fingerprint density at radius 2 is 1.70 bits per heavy atom. The molecule has 2 fully saturated rings. The van der Waals surface area contributed by atoms with Crippen LogP contribution in [-0.2, 0) is 10.0 Å². The second kappa shape index (κ2) is 12.0. The predicted octanol–water partition coefficient (Wildman–Crippen LogP) is 2.59. The number of rotatable bonds is 7. The number of likely N-dealkylation sites (tertiary alicyclic amines) is 1. The van der Waals surface area contributed by atoms with E-state index in [9.17, 15) is 21.6 Å². The number of hydrogen-bond donors (Lipinski definition) is 2. The molecule has 0 radical (unpaired) electrons. The number of nitrogens with zero attached hydrogens (tertiary/aromatic N) is 3. The van der Waals surface area contributed by atoms with E-state index >= 15 is 0 Å². The van der Waals surface area contributed by atoms with Gasteiger partial charge in [-0.1, -0.05) is 13.8 Å². The van der Waals surface area contributed by atoms with Crippen molar-refractivity contribution in [2.75, 3.05) is 39.8 Å². The van der Waals surface area contributed by atoms with Crippen molar-refractivity contribution in [1.82, 2.24) is 19.8 Å². The van der Waals surface area contributed by atoms with Crippen molar-refractivity contribution in [3.05, 3.63) is 0 Å². The zero-order chi connectivity index (χ0) is 21.7. The quantitative estimate of drug-likeness (QED) is 0.280. The fourth-order valence-electron chi connectivity index (χ4n) is 4.00. The summed E-state index contributed by atoms with van der Waals surface area (Å²) in [6.45, 7) is 7.08. The van der Waals surface area contributed by atoms with Gasteiger partial charge in [-0.3, -0.25) is 9.89 Å². The SMILES string of the molecule is CN=C(NCC(CC(C)C)N1CCCC1)NC1CCN(S(=O)(=O)C(F)(F)F)CC1.I. The molecule has 0 aromatic rings. The molecule has 7 nitrogen and oxygen atoms in total. The Morgan fingerprint density at radius 1 is 1.13 bits per heavy atom. The highest BCUT2D eigenvalue weighted by Gasteiger charge is 2.50. The standard InChI is InChI=1S/C18H34F3N5O2S.HI/c1-14(2)12-16(25-8-4-5-9-25)13-23-17(22-3)24-15-6-10-26(11-7-15)29(27,28)18(19,20)21;/h14-16H,4-13H2,1-3H3,(H2,22,23,24);1H. The van der Waals surface area contributed by atoms with E-state index in [4.69, 9.17) is 0 Å². The maximum Gasteiger partial charge on any atom is 0.511 e. The lowest BCUT2D eigenvalue weighted by atomic mass is 10.0. The molecule has 178 valence electrons. The van der Waals surface area contributed by atoms with Crippen LogP contribution in [-0.4, -0.2) is 80.9 Å². The molecular formula is C18H35F3IN5O2S. The highest BCUT2D eigenvalue weighted by atomic mass is 127. The van der Waals surface area contributed by atoms with Gasteiger partial charge in [-0.25, -0.2) is 8.42 Å². The number of halogens is 4. The van der Waals surface area contributed by atoms with Crippen LogP contribution in [0.3, 0.4) is 0 Å². The number of aliphatic imine (C=N–C) groups is 1. The minimum absolute atomic E-state index is 0. The summed E-state index contributed by atoms with van der Waals surface area (Å²) in [5.41, 5.74) is -5.24. The summed E-state index contributed by atoms with van der Waals surface area (Å²) in [4.78, 5) is 6.73. The van der Waals surface area contributed by atoms with Crippen LogP contribution in [0.1, 0.15) is 46.0 Å². The molecule has 12 heteroatoms. The Labute approximate surface area is 195 Å². The van der Waals surface area contributed by atoms with Crippen molar-refractivity contribution in [2.45, 2.75) is 63.5 Å². The third-order valence-electron chi connectivity index (χ3n) is 5.56. The van der Waals surface area contributed by atoms with Crippen LogP contribution in [0.25, 0.3) is 0 Å². The van der Waals surface area contributed by atoms with Gasteiger partial charge in [-0.15, -0.1) is 24.0 Å². The van der Waals surface area contributed by atoms with Crippen LogP contribution < -0.4 is 10.6 Å². The third kappa shape index (κ3) is 7.66. The Hall–Kier alpha value is -0.340. The van der Waals surface area contributed by atoms with Crippen LogP contribution in [0.5, 0.6) is 0 Å². The van der Waals surface area contributed by atoms with E-state index in [0.717, 1.165) is 26.1 Å². The minimum Gasteiger partial charge on any atom is -0.355 e. The maximum atomic E-state index is 12.7. The van der Waals surface area contributed by atoms with Gasteiger partial charge in [0.2, 0.25) is 0 Å². The highest BCUT2D eigenvalue weighted by Crippen LogP contribution is 2.29. The summed E-state index contributed by atoms with van der Waals surface area (Å²) in [5, 5.41) is 6.58. The van der Waals surface area contributed by atoms with E-state index in [1.807, 2.05) is 0 Å². The Kier molecular flexibility index (Phi) is 11.1. The summed E-state index contributed by atoms with van der Waals surface area (Å²) in [6, 6.07) is 0.297. The minimum atomic E-state index is -5.25. The Bertz CT molecular complexity index is 647. The number of nitrogens with one attached hydrogen (secondary N) is 2. The van der Waals surface area contributed by atoms with Crippen LogP contribution in [0.15, 0.2) is 4.99 Å². The van der Waals surface area contributed by atoms with E-state index in [2.05, 4.69) is 34.4 Å². The van der Waals surface area contributed by atoms with Crippen molar-refractivity contribution in [3.8, 4) is 0 Å². The molecule has 0 aliphatic carbocycles. The molecule has 2 N–H and O–H groups in total. The number of guanidine groups is 1. The van der Waals surface area contributed by atoms with Gasteiger partial charge in [0.15, 0.2) is 5.96 Å². The molecule has 2 aliphatic rings. The van der Waals surface area contributed by atoms with Crippen molar-refractivity contribution in [3.63, 3.8) is 0 Å². The zero-order valence-electron chi connectivity index (χ0n) is 17.9. The summed E-state index contributed by atoms with van der Waals surface area (Å²) >= 11 is 0. The zero-order valence-corrected chi connectivity index (χ0v) is 21.1. The molecule has 2 saturated heterocycles. The molecule has 2 heterocycles. The van der Waals surface area contributed by atoms with Crippen LogP contribution >= 0.6 is 24.0 Å². The van der Waals surface area contributed by atoms with E-state index in [0.29, 0.717) is 35.1 Å². The smallest absolute Gasteiger partial charge is 0.355 e. The van der Waals surface area contributed by atoms with E-state index < -0.39 is 15.5 Å². The van der Waals surface area contributed by atoms with E-state index in [1.54, 1.807) is 7.05 Å². The molecule has 1 atom stereocenters. The second-order valence-corrected chi connectivity index (χ2v) is 10.2. The largest absolute Gasteiger partial charge is 0.511 e. The first-order chi connectivity index (χ1) is 13.5. The second-order valence-electron chi connectivity index (χ2n) is 8.25. The third-order valence-corrected chi connectivity index (χ3v) is 7.19. The fourth-order valence-corrected chi connectivity index (χ4v) is 4.99. The first-order valence-corrected chi connectivity index (χ1v) is 11.8. The summed E-state index contributed by atoms with van der Waals surface area (Å²) < 4.78 is 61.7. The molecule has 2 aliphatic heterocycles. The van der Waals surface area contributed by atoms with E-state index in [-0.39, 0.29) is 43.1 Å². The predicted molar refractivity (Wildman–Crippen MR) is 124 cm³/mol. The van der Waals surface area contributed by atoms with Gasteiger partial charge >= 0.3 is 15.5 Å². The molecule has 30 heavy (non-hydrogen) atoms. The van der Waals surface area contributed by atoms with Crippen LogP contribution in [0, 0.1) is 5.92 Å². The highest BCUT2D eigenvalue weighted by molar-refractivity contribution is 14.0. The van der Waals surface area contributed by atoms with Gasteiger partial charge in [-0.05, 0) is 51.1 Å². The molecule has 0 bridgehead atoms. The van der Waals surface area contributed by atoms with Crippen LogP contribution in [0.2, 0.25) is 0 Å². The molecule has 0 amide bonds. The van der Waals surface area contributed by atoms with Crippen molar-refractivity contribution in [1.29, 1.82) is 0 Å². The topological polar surface area (TPSA) is 77.0 Å². The van der Waals surface area contributed by atoms with Gasteiger partial charge in [-0.2, -0.15) is 17.5 Å². The number of alkyl halides is 3. The number of piperidine rings is 1. The lowest BCUT2D eigenvalue weighted by Gasteiger charge is -2.33. The monoisotopic (exact) mass is 569 g/mol. The first kappa shape index (κ1) is 27.7. The molecule has 2 rings (SSSR count). The maximum absolute atomic E-state index is 12.7. The molecule has 1 unspecified atom stereocenters. The number of sulfonamides is 1. The van der Waals surface area contributed by atoms with Gasteiger partial charge < -0.3 is 10.6 Å². The normalized spacial score (nSPS) is 21.5. The van der Waals surface area contributed by atoms with E-state index in [1.165, 1.54) is 12.8 Å².